The van der Waals surface area contributed by atoms with E-state index in [4.69, 9.17) is 14.5 Å². The number of anilines is 2. The summed E-state index contributed by atoms with van der Waals surface area (Å²) < 4.78 is 10.5. The second-order valence-corrected chi connectivity index (χ2v) is 9.61. The number of nitrogens with zero attached hydrogens (tertiary/aromatic N) is 3. The van der Waals surface area contributed by atoms with Crippen molar-refractivity contribution < 1.29 is 14.3 Å². The number of rotatable bonds is 7. The van der Waals surface area contributed by atoms with Gasteiger partial charge in [-0.25, -0.2) is 15.2 Å². The van der Waals surface area contributed by atoms with E-state index in [1.165, 1.54) is 0 Å². The van der Waals surface area contributed by atoms with Crippen LogP contribution < -0.4 is 21.5 Å². The van der Waals surface area contributed by atoms with Gasteiger partial charge in [-0.15, -0.1) is 0 Å². The Morgan fingerprint density at radius 1 is 1.18 bits per heavy atom. The number of nitrogens with one attached hydrogen (secondary N) is 4. The molecule has 1 amide bonds. The quantitative estimate of drug-likeness (QED) is 0.455. The summed E-state index contributed by atoms with van der Waals surface area (Å²) in [6.07, 6.45) is 7.59. The number of piperidine rings is 2. The largest absolute Gasteiger partial charge is 0.447 e. The molecule has 10 nitrogen and oxygen atoms in total. The molecule has 0 radical (unpaired) electrons. The Labute approximate surface area is 200 Å². The highest BCUT2D eigenvalue weighted by molar-refractivity contribution is 5.91. The normalized spacial score (nSPS) is 28.6. The number of carbonyl (C=O) groups is 1. The number of carbonyl (C=O) groups excluding carboxylic acids is 1. The molecule has 0 saturated carbocycles. The fourth-order valence-corrected chi connectivity index (χ4v) is 5.52. The lowest BCUT2D eigenvalue weighted by Crippen LogP contribution is -2.57. The van der Waals surface area contributed by atoms with Crippen molar-refractivity contribution in [3.63, 3.8) is 0 Å². The van der Waals surface area contributed by atoms with Gasteiger partial charge in [0, 0.05) is 48.9 Å². The van der Waals surface area contributed by atoms with Crippen molar-refractivity contribution in [2.24, 2.45) is 0 Å². The Morgan fingerprint density at radius 3 is 2.74 bits per heavy atom. The lowest BCUT2D eigenvalue weighted by atomic mass is 9.82. The maximum absolute atomic E-state index is 12.7. The molecule has 0 aromatic carbocycles. The third kappa shape index (κ3) is 5.03. The van der Waals surface area contributed by atoms with E-state index in [1.54, 1.807) is 7.11 Å². The van der Waals surface area contributed by atoms with Crippen LogP contribution in [0.1, 0.15) is 45.4 Å². The van der Waals surface area contributed by atoms with E-state index < -0.39 is 0 Å². The minimum atomic E-state index is -0.212. The van der Waals surface area contributed by atoms with Crippen molar-refractivity contribution in [2.45, 2.75) is 75.8 Å². The first-order valence-electron chi connectivity index (χ1n) is 12.3. The van der Waals surface area contributed by atoms with Crippen LogP contribution in [0.3, 0.4) is 0 Å². The third-order valence-electron chi connectivity index (χ3n) is 7.05. The molecule has 2 aromatic rings. The van der Waals surface area contributed by atoms with E-state index in [-0.39, 0.29) is 30.4 Å². The number of fused-ring (bicyclic) bond motifs is 3. The summed E-state index contributed by atoms with van der Waals surface area (Å²) in [5.41, 5.74) is 7.41. The van der Waals surface area contributed by atoms with Crippen molar-refractivity contribution >= 4 is 28.6 Å². The molecular weight excluding hydrogens is 434 g/mol. The predicted octanol–water partition coefficient (Wildman–Crippen LogP) is 2.83. The molecule has 3 aliphatic rings. The van der Waals surface area contributed by atoms with Gasteiger partial charge in [-0.3, -0.25) is 10.4 Å². The maximum Gasteiger partial charge on any atom is 0.410 e. The highest BCUT2D eigenvalue weighted by atomic mass is 16.6. The van der Waals surface area contributed by atoms with Gasteiger partial charge in [0.2, 0.25) is 0 Å². The summed E-state index contributed by atoms with van der Waals surface area (Å²) in [4.78, 5) is 24.2. The van der Waals surface area contributed by atoms with Crippen molar-refractivity contribution in [3.05, 3.63) is 24.4 Å². The molecule has 5 rings (SSSR count). The number of pyridine rings is 2. The summed E-state index contributed by atoms with van der Waals surface area (Å²) in [7, 11) is 1.61. The summed E-state index contributed by atoms with van der Waals surface area (Å²) in [5, 5.41) is 8.20. The van der Waals surface area contributed by atoms with Gasteiger partial charge in [0.1, 0.15) is 18.2 Å². The van der Waals surface area contributed by atoms with Gasteiger partial charge < -0.3 is 25.0 Å². The first kappa shape index (κ1) is 23.1. The van der Waals surface area contributed by atoms with Crippen molar-refractivity contribution in [1.29, 1.82) is 0 Å². The van der Waals surface area contributed by atoms with Crippen LogP contribution in [0, 0.1) is 0 Å². The van der Waals surface area contributed by atoms with Crippen LogP contribution in [0.25, 0.3) is 10.9 Å². The lowest BCUT2D eigenvalue weighted by Gasteiger charge is -2.48. The molecule has 10 heteroatoms. The third-order valence-corrected chi connectivity index (χ3v) is 7.05. The van der Waals surface area contributed by atoms with Crippen LogP contribution in [-0.2, 0) is 9.47 Å². The molecule has 0 spiro atoms. The van der Waals surface area contributed by atoms with Gasteiger partial charge in [0.05, 0.1) is 18.3 Å². The highest BCUT2D eigenvalue weighted by Crippen LogP contribution is 2.36. The molecule has 34 heavy (non-hydrogen) atoms. The summed E-state index contributed by atoms with van der Waals surface area (Å²) in [5.74, 6) is 1.63. The molecule has 3 fully saturated rings. The topological polar surface area (TPSA) is 113 Å². The molecule has 3 saturated heterocycles. The Bertz CT molecular complexity index is 992. The highest BCUT2D eigenvalue weighted by Gasteiger charge is 2.42. The van der Waals surface area contributed by atoms with Crippen LogP contribution in [0.15, 0.2) is 24.4 Å². The van der Waals surface area contributed by atoms with Gasteiger partial charge in [0.15, 0.2) is 0 Å². The number of hydrazine groups is 1. The number of hydrogen-bond donors (Lipinski definition) is 4. The fourth-order valence-electron chi connectivity index (χ4n) is 5.52. The second kappa shape index (κ2) is 10.3. The molecule has 0 aliphatic carbocycles. The zero-order chi connectivity index (χ0) is 23.5. The molecular formula is C24H35N7O3. The smallest absolute Gasteiger partial charge is 0.410 e. The Balaban J connectivity index is 1.31. The number of amides is 1. The second-order valence-electron chi connectivity index (χ2n) is 9.61. The van der Waals surface area contributed by atoms with Gasteiger partial charge >= 0.3 is 6.09 Å². The standard InChI is InChI=1S/C24H35N7O3/c1-15-11-22(30-29-15)27-21-14-20-19(7-4-8-25-20)23(28-21)26-16-12-17-5-3-6-18(13-16)31(17)24(32)34-10-9-33-2/h4,7-8,14-18,22,29-30H,3,5-6,9-13H2,1-2H3,(H2,26,27,28)/t15?,16?,17-,18+,22?. The average Bonchev–Trinajstić information content (AvgIpc) is 3.23. The summed E-state index contributed by atoms with van der Waals surface area (Å²) in [6, 6.07) is 7.00. The van der Waals surface area contributed by atoms with Gasteiger partial charge in [-0.1, -0.05) is 0 Å². The minimum absolute atomic E-state index is 0.114. The number of methoxy groups -OCH3 is 1. The molecule has 5 heterocycles. The first-order valence-corrected chi connectivity index (χ1v) is 12.3. The van der Waals surface area contributed by atoms with Crippen molar-refractivity contribution in [1.82, 2.24) is 25.7 Å². The van der Waals surface area contributed by atoms with E-state index >= 15 is 0 Å². The van der Waals surface area contributed by atoms with Gasteiger partial charge in [-0.2, -0.15) is 0 Å². The maximum atomic E-state index is 12.7. The Morgan fingerprint density at radius 2 is 2.00 bits per heavy atom. The number of aromatic nitrogens is 2. The van der Waals surface area contributed by atoms with Crippen LogP contribution in [-0.4, -0.2) is 71.6 Å². The van der Waals surface area contributed by atoms with Crippen LogP contribution >= 0.6 is 0 Å². The lowest BCUT2D eigenvalue weighted by molar-refractivity contribution is 0.0109. The van der Waals surface area contributed by atoms with Crippen molar-refractivity contribution in [3.8, 4) is 0 Å². The van der Waals surface area contributed by atoms with Crippen LogP contribution in [0.4, 0.5) is 16.4 Å². The van der Waals surface area contributed by atoms with Crippen LogP contribution in [0.2, 0.25) is 0 Å². The zero-order valence-electron chi connectivity index (χ0n) is 19.9. The van der Waals surface area contributed by atoms with Crippen molar-refractivity contribution in [2.75, 3.05) is 31.0 Å². The molecule has 3 unspecified atom stereocenters. The minimum Gasteiger partial charge on any atom is -0.447 e. The molecule has 2 bridgehead atoms. The molecule has 2 aromatic heterocycles. The van der Waals surface area contributed by atoms with E-state index in [2.05, 4.69) is 39.5 Å². The monoisotopic (exact) mass is 469 g/mol. The van der Waals surface area contributed by atoms with E-state index in [9.17, 15) is 4.79 Å². The Hall–Kier alpha value is -2.69. The molecule has 184 valence electrons. The van der Waals surface area contributed by atoms with E-state index in [0.717, 1.165) is 61.1 Å². The predicted molar refractivity (Wildman–Crippen MR) is 130 cm³/mol. The average molecular weight is 470 g/mol. The summed E-state index contributed by atoms with van der Waals surface area (Å²) >= 11 is 0. The number of hydrogen-bond acceptors (Lipinski definition) is 9. The first-order chi connectivity index (χ1) is 16.6. The molecule has 5 atom stereocenters. The molecule has 4 N–H and O–H groups in total. The summed E-state index contributed by atoms with van der Waals surface area (Å²) in [6.45, 7) is 2.86. The zero-order valence-corrected chi connectivity index (χ0v) is 19.9. The number of ether oxygens (including phenoxy) is 2. The van der Waals surface area contributed by atoms with Gasteiger partial charge in [0.25, 0.3) is 0 Å². The molecule has 3 aliphatic heterocycles. The van der Waals surface area contributed by atoms with E-state index in [1.807, 2.05) is 23.2 Å². The van der Waals surface area contributed by atoms with Gasteiger partial charge in [-0.05, 0) is 57.6 Å². The van der Waals surface area contributed by atoms with Crippen LogP contribution in [0.5, 0.6) is 0 Å². The van der Waals surface area contributed by atoms with E-state index in [0.29, 0.717) is 19.3 Å². The SMILES string of the molecule is COCCOC(=O)N1[C@@H]2CCC[C@H]1CC(Nc1nc(NC3CC(C)NN3)cc3ncccc13)C2. The Kier molecular flexibility index (Phi) is 6.98. The fraction of sp³-hybridized carbons (Fsp3) is 0.625.